The van der Waals surface area contributed by atoms with Crippen LogP contribution in [-0.2, 0) is 23.9 Å². The third kappa shape index (κ3) is 8.20. The molecule has 0 N–H and O–H groups in total. The summed E-state index contributed by atoms with van der Waals surface area (Å²) in [5, 5.41) is -0.265. The maximum Gasteiger partial charge on any atom is 0.417 e. The zero-order valence-electron chi connectivity index (χ0n) is 22.0. The highest BCUT2D eigenvalue weighted by atomic mass is 35.5. The van der Waals surface area contributed by atoms with Gasteiger partial charge in [0.2, 0.25) is 0 Å². The molecule has 0 radical (unpaired) electrons. The maximum absolute atomic E-state index is 13.6. The zero-order chi connectivity index (χ0) is 28.4. The number of carbonyl (C=O) groups excluding carboxylic acids is 1. The number of carbonyl (C=O) groups is 1. The molecule has 0 saturated carbocycles. The van der Waals surface area contributed by atoms with Crippen molar-refractivity contribution in [3.8, 4) is 5.75 Å². The fraction of sp³-hybridized carbons (Fsp3) is 0.242. The molecular weight excluding hydrogens is 535 g/mol. The Morgan fingerprint density at radius 2 is 1.50 bits per heavy atom. The number of hydrogen-bond acceptors (Lipinski definition) is 3. The second-order valence-corrected chi connectivity index (χ2v) is 9.98. The summed E-state index contributed by atoms with van der Waals surface area (Å²) >= 11 is 6.29. The number of benzene rings is 4. The SMILES string of the molecule is O=CCc1cccc(OCCCN(Cc2cccc(C(F)(F)F)c2Cl)CC(c2ccccc2)c2ccccc2)c1. The third-order valence-corrected chi connectivity index (χ3v) is 7.17. The first kappa shape index (κ1) is 29.4. The molecular formula is C33H31ClF3NO2. The lowest BCUT2D eigenvalue weighted by molar-refractivity contribution is -0.137. The largest absolute Gasteiger partial charge is 0.494 e. The Morgan fingerprint density at radius 3 is 2.12 bits per heavy atom. The minimum absolute atomic E-state index is 0.00733. The van der Waals surface area contributed by atoms with Crippen molar-refractivity contribution in [3.05, 3.63) is 136 Å². The molecule has 0 aliphatic rings. The van der Waals surface area contributed by atoms with Crippen molar-refractivity contribution in [2.24, 2.45) is 0 Å². The van der Waals surface area contributed by atoms with Gasteiger partial charge in [0.05, 0.1) is 17.2 Å². The molecule has 0 atom stereocenters. The number of hydrogen-bond donors (Lipinski definition) is 0. The standard InChI is InChI=1S/C33H31ClF3NO2/c34-32-28(15-8-17-31(32)33(35,36)37)23-38(19-9-21-40-29-16-7-10-25(22-29)18-20-39)24-30(26-11-3-1-4-12-26)27-13-5-2-6-14-27/h1-8,10-17,20,22,30H,9,18-19,21,23-24H2. The topological polar surface area (TPSA) is 29.5 Å². The van der Waals surface area contributed by atoms with Crippen molar-refractivity contribution in [2.75, 3.05) is 19.7 Å². The lowest BCUT2D eigenvalue weighted by Gasteiger charge is -2.29. The number of ether oxygens (including phenoxy) is 1. The minimum atomic E-state index is -4.53. The van der Waals surface area contributed by atoms with E-state index in [1.807, 2.05) is 60.7 Å². The Kier molecular flexibility index (Phi) is 10.4. The van der Waals surface area contributed by atoms with Crippen LogP contribution in [0.4, 0.5) is 13.2 Å². The summed E-state index contributed by atoms with van der Waals surface area (Å²) in [5.74, 6) is 0.686. The molecule has 0 fully saturated rings. The highest BCUT2D eigenvalue weighted by Gasteiger charge is 2.34. The molecule has 4 aromatic rings. The minimum Gasteiger partial charge on any atom is -0.494 e. The van der Waals surface area contributed by atoms with E-state index in [0.29, 0.717) is 43.9 Å². The van der Waals surface area contributed by atoms with Crippen LogP contribution in [-0.4, -0.2) is 30.9 Å². The maximum atomic E-state index is 13.6. The molecule has 0 aliphatic heterocycles. The molecule has 7 heteroatoms. The molecule has 208 valence electrons. The van der Waals surface area contributed by atoms with E-state index in [9.17, 15) is 18.0 Å². The molecule has 0 aliphatic carbocycles. The number of rotatable bonds is 13. The van der Waals surface area contributed by atoms with Gasteiger partial charge in [-0.25, -0.2) is 0 Å². The van der Waals surface area contributed by atoms with Crippen LogP contribution in [0.15, 0.2) is 103 Å². The van der Waals surface area contributed by atoms with Crippen LogP contribution < -0.4 is 4.74 Å². The third-order valence-electron chi connectivity index (χ3n) is 6.73. The fourth-order valence-corrected chi connectivity index (χ4v) is 5.06. The summed E-state index contributed by atoms with van der Waals surface area (Å²) in [6.07, 6.45) is -2.71. The Bertz CT molecular complexity index is 1320. The van der Waals surface area contributed by atoms with Gasteiger partial charge in [-0.15, -0.1) is 0 Å². The van der Waals surface area contributed by atoms with Crippen molar-refractivity contribution in [2.45, 2.75) is 31.5 Å². The van der Waals surface area contributed by atoms with Crippen molar-refractivity contribution >= 4 is 17.9 Å². The summed E-state index contributed by atoms with van der Waals surface area (Å²) in [6, 6.07) is 31.7. The molecule has 4 aromatic carbocycles. The van der Waals surface area contributed by atoms with Gasteiger partial charge in [0.25, 0.3) is 0 Å². The van der Waals surface area contributed by atoms with E-state index >= 15 is 0 Å². The van der Waals surface area contributed by atoms with E-state index in [4.69, 9.17) is 16.3 Å². The number of aldehydes is 1. The van der Waals surface area contributed by atoms with Crippen LogP contribution in [0, 0.1) is 0 Å². The first-order valence-electron chi connectivity index (χ1n) is 13.2. The van der Waals surface area contributed by atoms with Crippen molar-refractivity contribution in [3.63, 3.8) is 0 Å². The lowest BCUT2D eigenvalue weighted by atomic mass is 9.90. The van der Waals surface area contributed by atoms with E-state index < -0.39 is 11.7 Å². The molecule has 0 saturated heterocycles. The molecule has 3 nitrogen and oxygen atoms in total. The summed E-state index contributed by atoms with van der Waals surface area (Å²) in [5.41, 5.74) is 2.72. The molecule has 0 amide bonds. The molecule has 4 rings (SSSR count). The lowest BCUT2D eigenvalue weighted by Crippen LogP contribution is -2.31. The van der Waals surface area contributed by atoms with Gasteiger partial charge in [0, 0.05) is 32.0 Å². The highest BCUT2D eigenvalue weighted by Crippen LogP contribution is 2.37. The number of nitrogens with zero attached hydrogens (tertiary/aromatic N) is 1. The average Bonchev–Trinajstić information content (AvgIpc) is 2.95. The normalized spacial score (nSPS) is 11.7. The Labute approximate surface area is 238 Å². The Balaban J connectivity index is 1.55. The Morgan fingerprint density at radius 1 is 0.850 bits per heavy atom. The Hall–Kier alpha value is -3.61. The van der Waals surface area contributed by atoms with Crippen molar-refractivity contribution in [1.29, 1.82) is 0 Å². The molecule has 40 heavy (non-hydrogen) atoms. The van der Waals surface area contributed by atoms with Gasteiger partial charge in [-0.05, 0) is 46.9 Å². The van der Waals surface area contributed by atoms with Crippen molar-refractivity contribution in [1.82, 2.24) is 4.90 Å². The summed E-state index contributed by atoms with van der Waals surface area (Å²) < 4.78 is 46.7. The van der Waals surface area contributed by atoms with E-state index in [0.717, 1.165) is 29.0 Å². The summed E-state index contributed by atoms with van der Waals surface area (Å²) in [4.78, 5) is 13.0. The van der Waals surface area contributed by atoms with Crippen LogP contribution in [0.3, 0.4) is 0 Å². The van der Waals surface area contributed by atoms with Crippen LogP contribution in [0.1, 0.15) is 40.2 Å². The monoisotopic (exact) mass is 565 g/mol. The van der Waals surface area contributed by atoms with Crippen molar-refractivity contribution < 1.29 is 22.7 Å². The zero-order valence-corrected chi connectivity index (χ0v) is 22.7. The van der Waals surface area contributed by atoms with E-state index in [1.165, 1.54) is 6.07 Å². The summed E-state index contributed by atoms with van der Waals surface area (Å²) in [6.45, 7) is 1.83. The molecule has 0 aromatic heterocycles. The fourth-order valence-electron chi connectivity index (χ4n) is 4.77. The van der Waals surface area contributed by atoms with Crippen LogP contribution >= 0.6 is 11.6 Å². The van der Waals surface area contributed by atoms with Gasteiger partial charge in [0.15, 0.2) is 0 Å². The second-order valence-electron chi connectivity index (χ2n) is 9.61. The smallest absolute Gasteiger partial charge is 0.417 e. The van der Waals surface area contributed by atoms with Crippen LogP contribution in [0.2, 0.25) is 5.02 Å². The van der Waals surface area contributed by atoms with Gasteiger partial charge >= 0.3 is 6.18 Å². The van der Waals surface area contributed by atoms with Gasteiger partial charge < -0.3 is 9.53 Å². The van der Waals surface area contributed by atoms with Crippen LogP contribution in [0.25, 0.3) is 0 Å². The molecule has 0 bridgehead atoms. The van der Waals surface area contributed by atoms with Gasteiger partial charge in [-0.2, -0.15) is 13.2 Å². The highest BCUT2D eigenvalue weighted by molar-refractivity contribution is 6.32. The van der Waals surface area contributed by atoms with Crippen LogP contribution in [0.5, 0.6) is 5.75 Å². The van der Waals surface area contributed by atoms with Gasteiger partial charge in [0.1, 0.15) is 12.0 Å². The number of halogens is 4. The van der Waals surface area contributed by atoms with Gasteiger partial charge in [-0.3, -0.25) is 4.90 Å². The average molecular weight is 566 g/mol. The van der Waals surface area contributed by atoms with E-state index in [2.05, 4.69) is 29.2 Å². The molecule has 0 unspecified atom stereocenters. The number of alkyl halides is 3. The second kappa shape index (κ2) is 14.1. The first-order chi connectivity index (χ1) is 19.3. The summed E-state index contributed by atoms with van der Waals surface area (Å²) in [7, 11) is 0. The first-order valence-corrected chi connectivity index (χ1v) is 13.5. The molecule has 0 spiro atoms. The predicted molar refractivity (Wildman–Crippen MR) is 153 cm³/mol. The predicted octanol–water partition coefficient (Wildman–Crippen LogP) is 8.20. The van der Waals surface area contributed by atoms with E-state index in [1.54, 1.807) is 6.07 Å². The van der Waals surface area contributed by atoms with E-state index in [-0.39, 0.29) is 17.5 Å². The van der Waals surface area contributed by atoms with Gasteiger partial charge in [-0.1, -0.05) is 96.5 Å². The molecule has 0 heterocycles. The quantitative estimate of drug-likeness (QED) is 0.121.